The molecule has 4 nitrogen and oxygen atoms in total. The predicted octanol–water partition coefficient (Wildman–Crippen LogP) is 9.75. The summed E-state index contributed by atoms with van der Waals surface area (Å²) in [6.45, 7) is 7.21. The van der Waals surface area contributed by atoms with Gasteiger partial charge in [-0.25, -0.2) is 0 Å². The largest absolute Gasteiger partial charge is 0.411 e. The van der Waals surface area contributed by atoms with Crippen LogP contribution in [-0.2, 0) is 26.8 Å². The van der Waals surface area contributed by atoms with E-state index in [9.17, 15) is 44.7 Å². The average Bonchev–Trinajstić information content (AvgIpc) is 2.96. The van der Waals surface area contributed by atoms with Crippen molar-refractivity contribution in [1.29, 1.82) is 0 Å². The fourth-order valence-corrected chi connectivity index (χ4v) is 4.84. The lowest BCUT2D eigenvalue weighted by atomic mass is 9.73. The molecule has 2 N–H and O–H groups in total. The summed E-state index contributed by atoms with van der Waals surface area (Å²) in [7, 11) is 0. The highest BCUT2D eigenvalue weighted by atomic mass is 19.4. The van der Waals surface area contributed by atoms with Crippen LogP contribution in [0.4, 0.5) is 55.3 Å². The van der Waals surface area contributed by atoms with Gasteiger partial charge in [-0.05, 0) is 54.8 Å². The summed E-state index contributed by atoms with van der Waals surface area (Å²) in [5, 5.41) is 4.64. The maximum atomic E-state index is 15.1. The van der Waals surface area contributed by atoms with Gasteiger partial charge in [0, 0.05) is 34.0 Å². The number of hydrogen-bond donors (Lipinski definition) is 2. The van der Waals surface area contributed by atoms with Crippen LogP contribution < -0.4 is 10.6 Å². The quantitative estimate of drug-likeness (QED) is 0.210. The van der Waals surface area contributed by atoms with Gasteiger partial charge in [-0.2, -0.15) is 43.9 Å². The van der Waals surface area contributed by atoms with Crippen LogP contribution in [0.15, 0.2) is 72.8 Å². The van der Waals surface area contributed by atoms with Gasteiger partial charge in [-0.1, -0.05) is 70.2 Å². The number of amides is 1. The van der Waals surface area contributed by atoms with Gasteiger partial charge in [0.15, 0.2) is 0 Å². The number of anilines is 2. The molecule has 1 amide bonds. The zero-order valence-corrected chi connectivity index (χ0v) is 25.8. The van der Waals surface area contributed by atoms with Gasteiger partial charge in [-0.15, -0.1) is 0 Å². The third-order valence-electron chi connectivity index (χ3n) is 7.61. The van der Waals surface area contributed by atoms with Crippen LogP contribution in [0, 0.1) is 5.41 Å². The first-order chi connectivity index (χ1) is 21.4. The van der Waals surface area contributed by atoms with E-state index in [2.05, 4.69) is 5.32 Å². The first-order valence-corrected chi connectivity index (χ1v) is 14.2. The van der Waals surface area contributed by atoms with Crippen LogP contribution in [0.3, 0.4) is 0 Å². The lowest BCUT2D eigenvalue weighted by Crippen LogP contribution is -2.54. The van der Waals surface area contributed by atoms with Gasteiger partial charge in [-0.3, -0.25) is 9.59 Å². The van der Waals surface area contributed by atoms with Gasteiger partial charge < -0.3 is 10.6 Å². The smallest absolute Gasteiger partial charge is 0.383 e. The number of Topliss-reactive ketones (excluding diaryl/α,β-unsaturated/α-hetero) is 1. The normalized spacial score (nSPS) is 14.0. The molecule has 47 heavy (non-hydrogen) atoms. The molecule has 14 heteroatoms. The number of alkyl halides is 10. The zero-order valence-electron chi connectivity index (χ0n) is 25.8. The lowest BCUT2D eigenvalue weighted by molar-refractivity contribution is -0.288. The van der Waals surface area contributed by atoms with E-state index in [1.165, 1.54) is 20.8 Å². The molecule has 0 aromatic heterocycles. The van der Waals surface area contributed by atoms with Crippen molar-refractivity contribution in [3.63, 3.8) is 0 Å². The molecule has 0 saturated heterocycles. The van der Waals surface area contributed by atoms with E-state index in [1.807, 2.05) is 6.92 Å². The van der Waals surface area contributed by atoms with E-state index in [4.69, 9.17) is 0 Å². The monoisotopic (exact) mass is 678 g/mol. The number of ketones is 1. The van der Waals surface area contributed by atoms with Crippen LogP contribution in [0.5, 0.6) is 0 Å². The highest BCUT2D eigenvalue weighted by Gasteiger charge is 2.72. The van der Waals surface area contributed by atoms with Crippen LogP contribution in [-0.4, -0.2) is 30.1 Å². The second kappa shape index (κ2) is 12.8. The van der Waals surface area contributed by atoms with Gasteiger partial charge >= 0.3 is 24.2 Å². The summed E-state index contributed by atoms with van der Waals surface area (Å²) in [4.78, 5) is 24.8. The molecular formula is C33H32F10N2O2. The summed E-state index contributed by atoms with van der Waals surface area (Å²) in [5.74, 6) is -12.4. The molecule has 3 aromatic carbocycles. The van der Waals surface area contributed by atoms with Crippen LogP contribution in [0.25, 0.3) is 0 Å². The average molecular weight is 679 g/mol. The molecule has 0 aliphatic rings. The summed E-state index contributed by atoms with van der Waals surface area (Å²) in [5.41, 5.74) is -11.2. The molecule has 1 atom stereocenters. The molecule has 0 aliphatic carbocycles. The van der Waals surface area contributed by atoms with Crippen molar-refractivity contribution < 1.29 is 53.5 Å². The van der Waals surface area contributed by atoms with Crippen molar-refractivity contribution in [3.8, 4) is 0 Å². The van der Waals surface area contributed by atoms with Gasteiger partial charge in [0.1, 0.15) is 0 Å². The minimum Gasteiger partial charge on any atom is -0.383 e. The molecule has 0 bridgehead atoms. The van der Waals surface area contributed by atoms with Crippen LogP contribution >= 0.6 is 0 Å². The van der Waals surface area contributed by atoms with Gasteiger partial charge in [0.25, 0.3) is 5.91 Å². The second-order valence-corrected chi connectivity index (χ2v) is 12.1. The number of carbonyl (C=O) groups is 2. The van der Waals surface area contributed by atoms with Gasteiger partial charge in [0.05, 0.1) is 0 Å². The van der Waals surface area contributed by atoms with E-state index >= 15 is 8.78 Å². The summed E-state index contributed by atoms with van der Waals surface area (Å²) < 4.78 is 147. The molecule has 1 unspecified atom stereocenters. The topological polar surface area (TPSA) is 58.2 Å². The predicted molar refractivity (Wildman–Crippen MR) is 156 cm³/mol. The number of hydrogen-bond acceptors (Lipinski definition) is 3. The van der Waals surface area contributed by atoms with Crippen molar-refractivity contribution in [3.05, 3.63) is 95.1 Å². The van der Waals surface area contributed by atoms with E-state index in [0.717, 1.165) is 24.3 Å². The Hall–Kier alpha value is -4.10. The Balaban J connectivity index is 1.98. The first kappa shape index (κ1) is 37.4. The molecular weight excluding hydrogens is 646 g/mol. The van der Waals surface area contributed by atoms with Crippen molar-refractivity contribution in [1.82, 2.24) is 0 Å². The maximum absolute atomic E-state index is 15.1. The molecule has 3 aromatic rings. The Kier molecular flexibility index (Phi) is 10.2. The Bertz CT molecular complexity index is 1560. The minimum atomic E-state index is -5.92. The highest BCUT2D eigenvalue weighted by Crippen LogP contribution is 2.56. The number of benzene rings is 3. The standard InChI is InChI=1S/C33H32F10N2O2/c1-6-19(2)44-24-14-10-20(11-15-24)29(32(38,39)40,33(41,42)43)21-12-16-25(17-13-21)45-27(47)31(36,37)23-9-7-8-22(18-23)30(34,35)26(46)28(3,4)5/h7-19,44H,6H2,1-5H3,(H,45,47). The number of nitrogens with one attached hydrogen (secondary N) is 2. The van der Waals surface area contributed by atoms with E-state index < -0.39 is 74.7 Å². The lowest BCUT2D eigenvalue weighted by Gasteiger charge is -2.38. The SMILES string of the molecule is CCC(C)Nc1ccc(C(c2ccc(NC(=O)C(F)(F)c3cccc(C(F)(F)C(=O)C(C)(C)C)c3)cc2)(C(F)(F)F)C(F)(F)F)cc1. The van der Waals surface area contributed by atoms with Gasteiger partial charge in [0.2, 0.25) is 11.2 Å². The fourth-order valence-electron chi connectivity index (χ4n) is 4.84. The van der Waals surface area contributed by atoms with Crippen molar-refractivity contribution in [2.45, 2.75) is 76.7 Å². The highest BCUT2D eigenvalue weighted by molar-refractivity contribution is 5.97. The van der Waals surface area contributed by atoms with Crippen LogP contribution in [0.1, 0.15) is 63.3 Å². The van der Waals surface area contributed by atoms with Crippen LogP contribution in [0.2, 0.25) is 0 Å². The van der Waals surface area contributed by atoms with E-state index in [-0.39, 0.29) is 17.8 Å². The molecule has 0 heterocycles. The van der Waals surface area contributed by atoms with Crippen molar-refractivity contribution in [2.24, 2.45) is 5.41 Å². The Morgan fingerprint density at radius 3 is 1.47 bits per heavy atom. The third kappa shape index (κ3) is 7.25. The molecule has 0 radical (unpaired) electrons. The Morgan fingerprint density at radius 2 is 1.06 bits per heavy atom. The fraction of sp³-hybridized carbons (Fsp3) is 0.394. The minimum absolute atomic E-state index is 0.117. The second-order valence-electron chi connectivity index (χ2n) is 12.1. The zero-order chi connectivity index (χ0) is 35.8. The van der Waals surface area contributed by atoms with Crippen molar-refractivity contribution in [2.75, 3.05) is 10.6 Å². The molecule has 256 valence electrons. The summed E-state index contributed by atoms with van der Waals surface area (Å²) >= 11 is 0. The molecule has 0 fully saturated rings. The summed E-state index contributed by atoms with van der Waals surface area (Å²) in [6, 6.07) is 7.82. The maximum Gasteiger partial charge on any atom is 0.411 e. The number of carbonyl (C=O) groups excluding carboxylic acids is 2. The molecule has 3 rings (SSSR count). The Morgan fingerprint density at radius 1 is 0.638 bits per heavy atom. The molecule has 0 saturated carbocycles. The first-order valence-electron chi connectivity index (χ1n) is 14.2. The van der Waals surface area contributed by atoms with E-state index in [0.29, 0.717) is 48.9 Å². The number of halogens is 10. The number of rotatable bonds is 10. The van der Waals surface area contributed by atoms with E-state index in [1.54, 1.807) is 12.2 Å². The van der Waals surface area contributed by atoms with Crippen molar-refractivity contribution >= 4 is 23.1 Å². The molecule has 0 aliphatic heterocycles. The third-order valence-corrected chi connectivity index (χ3v) is 7.61. The Labute approximate surface area is 264 Å². The summed E-state index contributed by atoms with van der Waals surface area (Å²) in [6.07, 6.45) is -11.2. The molecule has 0 spiro atoms.